The molecule has 0 aliphatic carbocycles. The van der Waals surface area contributed by atoms with Crippen LogP contribution in [-0.2, 0) is 16.0 Å². The van der Waals surface area contributed by atoms with Crippen LogP contribution in [0, 0.1) is 5.92 Å². The summed E-state index contributed by atoms with van der Waals surface area (Å²) in [4.78, 5) is 28.2. The maximum Gasteiger partial charge on any atom is 0.227 e. The zero-order valence-electron chi connectivity index (χ0n) is 18.8. The van der Waals surface area contributed by atoms with Gasteiger partial charge in [-0.3, -0.25) is 9.59 Å². The van der Waals surface area contributed by atoms with Gasteiger partial charge in [0.25, 0.3) is 0 Å². The smallest absolute Gasteiger partial charge is 0.227 e. The standard InChI is InChI=1S/C26H28N2O5/c1-31-20-9-5-18(6-10-20)25-23(26(30)27-16-15-22-4-3-17-33-22)13-14-24(29)28(25)19-7-11-21(32-2)12-8-19/h3-12,17,23,25H,13-16H2,1-2H3,(H,27,30). The number of carbonyl (C=O) groups is 2. The van der Waals surface area contributed by atoms with Crippen molar-refractivity contribution >= 4 is 17.5 Å². The first-order valence-corrected chi connectivity index (χ1v) is 11.0. The summed E-state index contributed by atoms with van der Waals surface area (Å²) >= 11 is 0. The topological polar surface area (TPSA) is 81.0 Å². The molecule has 2 heterocycles. The molecule has 2 aromatic carbocycles. The van der Waals surface area contributed by atoms with E-state index in [1.165, 1.54) is 0 Å². The maximum absolute atomic E-state index is 13.3. The van der Waals surface area contributed by atoms with Gasteiger partial charge in [0.1, 0.15) is 17.3 Å². The van der Waals surface area contributed by atoms with Gasteiger partial charge in [-0.25, -0.2) is 0 Å². The van der Waals surface area contributed by atoms with Gasteiger partial charge in [0.15, 0.2) is 0 Å². The van der Waals surface area contributed by atoms with Crippen LogP contribution in [0.1, 0.15) is 30.2 Å². The van der Waals surface area contributed by atoms with Gasteiger partial charge in [0, 0.05) is 25.1 Å². The lowest BCUT2D eigenvalue weighted by molar-refractivity contribution is -0.129. The predicted octanol–water partition coefficient (Wildman–Crippen LogP) is 4.14. The van der Waals surface area contributed by atoms with Crippen LogP contribution in [-0.4, -0.2) is 32.6 Å². The van der Waals surface area contributed by atoms with E-state index in [4.69, 9.17) is 13.9 Å². The van der Waals surface area contributed by atoms with Crippen molar-refractivity contribution in [3.8, 4) is 11.5 Å². The molecule has 1 aliphatic heterocycles. The number of furan rings is 1. The second kappa shape index (κ2) is 10.3. The summed E-state index contributed by atoms with van der Waals surface area (Å²) in [5, 5.41) is 3.04. The highest BCUT2D eigenvalue weighted by molar-refractivity contribution is 5.97. The molecule has 172 valence electrons. The fourth-order valence-corrected chi connectivity index (χ4v) is 4.29. The minimum absolute atomic E-state index is 0.0133. The molecule has 1 N–H and O–H groups in total. The molecule has 0 radical (unpaired) electrons. The van der Waals surface area contributed by atoms with E-state index in [1.807, 2.05) is 60.7 Å². The zero-order chi connectivity index (χ0) is 23.2. The average molecular weight is 449 g/mol. The second-order valence-corrected chi connectivity index (χ2v) is 7.95. The molecule has 1 aliphatic rings. The van der Waals surface area contributed by atoms with E-state index in [0.29, 0.717) is 31.6 Å². The van der Waals surface area contributed by atoms with Gasteiger partial charge in [0.2, 0.25) is 11.8 Å². The Bertz CT molecular complexity index is 1060. The number of benzene rings is 2. The Hall–Kier alpha value is -3.74. The van der Waals surface area contributed by atoms with Gasteiger partial charge in [-0.15, -0.1) is 0 Å². The number of piperidine rings is 1. The first-order chi connectivity index (χ1) is 16.1. The molecule has 7 nitrogen and oxygen atoms in total. The van der Waals surface area contributed by atoms with Crippen LogP contribution >= 0.6 is 0 Å². The van der Waals surface area contributed by atoms with Gasteiger partial charge in [-0.05, 0) is 60.5 Å². The van der Waals surface area contributed by atoms with Gasteiger partial charge in [-0.1, -0.05) is 12.1 Å². The largest absolute Gasteiger partial charge is 0.497 e. The minimum atomic E-state index is -0.436. The van der Waals surface area contributed by atoms with Gasteiger partial charge in [-0.2, -0.15) is 0 Å². The Balaban J connectivity index is 1.62. The fraction of sp³-hybridized carbons (Fsp3) is 0.308. The van der Waals surface area contributed by atoms with Crippen molar-refractivity contribution in [3.63, 3.8) is 0 Å². The predicted molar refractivity (Wildman–Crippen MR) is 124 cm³/mol. The molecule has 0 bridgehead atoms. The molecule has 4 rings (SSSR count). The van der Waals surface area contributed by atoms with E-state index in [1.54, 1.807) is 25.4 Å². The Kier molecular flexibility index (Phi) is 6.98. The molecule has 7 heteroatoms. The summed E-state index contributed by atoms with van der Waals surface area (Å²) in [6.45, 7) is 0.467. The number of hydrogen-bond donors (Lipinski definition) is 1. The van der Waals surface area contributed by atoms with E-state index in [0.717, 1.165) is 22.8 Å². The molecule has 1 fully saturated rings. The Morgan fingerprint density at radius 3 is 2.30 bits per heavy atom. The van der Waals surface area contributed by atoms with Crippen molar-refractivity contribution in [1.29, 1.82) is 0 Å². The lowest BCUT2D eigenvalue weighted by Crippen LogP contribution is -2.48. The molecule has 1 aromatic heterocycles. The van der Waals surface area contributed by atoms with Gasteiger partial charge in [0.05, 0.1) is 32.4 Å². The minimum Gasteiger partial charge on any atom is -0.497 e. The van der Waals surface area contributed by atoms with Crippen LogP contribution in [0.5, 0.6) is 11.5 Å². The van der Waals surface area contributed by atoms with E-state index < -0.39 is 12.0 Å². The number of nitrogens with one attached hydrogen (secondary N) is 1. The molecule has 2 unspecified atom stereocenters. The summed E-state index contributed by atoms with van der Waals surface area (Å²) in [7, 11) is 3.21. The molecule has 0 saturated carbocycles. The number of nitrogens with zero attached hydrogens (tertiary/aromatic N) is 1. The third-order valence-corrected chi connectivity index (χ3v) is 5.99. The van der Waals surface area contributed by atoms with E-state index in [9.17, 15) is 9.59 Å². The van der Waals surface area contributed by atoms with Crippen LogP contribution in [0.3, 0.4) is 0 Å². The molecule has 33 heavy (non-hydrogen) atoms. The lowest BCUT2D eigenvalue weighted by Gasteiger charge is -2.41. The van der Waals surface area contributed by atoms with E-state index in [2.05, 4.69) is 5.32 Å². The summed E-state index contributed by atoms with van der Waals surface area (Å²) in [6.07, 6.45) is 3.01. The van der Waals surface area contributed by atoms with Crippen molar-refractivity contribution < 1.29 is 23.5 Å². The number of methoxy groups -OCH3 is 2. The van der Waals surface area contributed by atoms with Crippen molar-refractivity contribution in [2.45, 2.75) is 25.3 Å². The molecule has 0 spiro atoms. The molecular weight excluding hydrogens is 420 g/mol. The normalized spacial score (nSPS) is 18.1. The molecule has 2 atom stereocenters. The third kappa shape index (κ3) is 5.03. The summed E-state index contributed by atoms with van der Waals surface area (Å²) in [6, 6.07) is 18.2. The quantitative estimate of drug-likeness (QED) is 0.560. The lowest BCUT2D eigenvalue weighted by atomic mass is 9.83. The molecular formula is C26H28N2O5. The van der Waals surface area contributed by atoms with Crippen LogP contribution in [0.15, 0.2) is 71.3 Å². The fourth-order valence-electron chi connectivity index (χ4n) is 4.29. The maximum atomic E-state index is 13.3. The third-order valence-electron chi connectivity index (χ3n) is 5.99. The highest BCUT2D eigenvalue weighted by Crippen LogP contribution is 2.40. The number of carbonyl (C=O) groups excluding carboxylic acids is 2. The number of anilines is 1. The zero-order valence-corrected chi connectivity index (χ0v) is 18.8. The highest BCUT2D eigenvalue weighted by Gasteiger charge is 2.41. The number of rotatable bonds is 8. The summed E-state index contributed by atoms with van der Waals surface area (Å²) in [5.74, 6) is 1.76. The van der Waals surface area contributed by atoms with Crippen molar-refractivity contribution in [2.24, 2.45) is 5.92 Å². The van der Waals surface area contributed by atoms with Gasteiger partial charge >= 0.3 is 0 Å². The molecule has 3 aromatic rings. The Morgan fingerprint density at radius 1 is 1.03 bits per heavy atom. The molecule has 1 saturated heterocycles. The number of ether oxygens (including phenoxy) is 2. The summed E-state index contributed by atoms with van der Waals surface area (Å²) in [5.41, 5.74) is 1.61. The Morgan fingerprint density at radius 2 is 1.70 bits per heavy atom. The van der Waals surface area contributed by atoms with Crippen molar-refractivity contribution in [2.75, 3.05) is 25.7 Å². The SMILES string of the molecule is COc1ccc(C2C(C(=O)NCCc3ccco3)CCC(=O)N2c2ccc(OC)cc2)cc1. The summed E-state index contributed by atoms with van der Waals surface area (Å²) < 4.78 is 15.9. The second-order valence-electron chi connectivity index (χ2n) is 7.95. The number of hydrogen-bond acceptors (Lipinski definition) is 5. The number of amides is 2. The van der Waals surface area contributed by atoms with Crippen molar-refractivity contribution in [1.82, 2.24) is 5.32 Å². The Labute approximate surface area is 193 Å². The van der Waals surface area contributed by atoms with Crippen molar-refractivity contribution in [3.05, 3.63) is 78.3 Å². The first-order valence-electron chi connectivity index (χ1n) is 11.0. The van der Waals surface area contributed by atoms with E-state index >= 15 is 0 Å². The average Bonchev–Trinajstić information content (AvgIpc) is 3.37. The van der Waals surface area contributed by atoms with E-state index in [-0.39, 0.29) is 11.8 Å². The highest BCUT2D eigenvalue weighted by atomic mass is 16.5. The van der Waals surface area contributed by atoms with Crippen LogP contribution in [0.25, 0.3) is 0 Å². The van der Waals surface area contributed by atoms with Crippen LogP contribution < -0.4 is 19.7 Å². The molecule has 2 amide bonds. The first kappa shape index (κ1) is 22.5. The monoisotopic (exact) mass is 448 g/mol. The van der Waals surface area contributed by atoms with Gasteiger partial charge < -0.3 is 24.1 Å². The van der Waals surface area contributed by atoms with Crippen LogP contribution in [0.2, 0.25) is 0 Å². The van der Waals surface area contributed by atoms with Crippen LogP contribution in [0.4, 0.5) is 5.69 Å².